The predicted octanol–water partition coefficient (Wildman–Crippen LogP) is 1.45. The van der Waals surface area contributed by atoms with E-state index in [0.717, 1.165) is 0 Å². The van der Waals surface area contributed by atoms with Gasteiger partial charge in [0.1, 0.15) is 30.5 Å². The van der Waals surface area contributed by atoms with Crippen LogP contribution in [0.1, 0.15) is 92.7 Å². The smallest absolute Gasteiger partial charge is 0.335 e. The Morgan fingerprint density at radius 2 is 1.49 bits per heavy atom. The first-order chi connectivity index (χ1) is 29.7. The number of hydrogen-bond acceptors (Lipinski definition) is 13. The first-order valence-corrected chi connectivity index (χ1v) is 22.2. The largest absolute Gasteiger partial charge is 0.479 e. The summed E-state index contributed by atoms with van der Waals surface area (Å²) in [5, 5.41) is 49.9. The van der Waals surface area contributed by atoms with Crippen molar-refractivity contribution in [2.45, 2.75) is 160 Å². The van der Waals surface area contributed by atoms with Gasteiger partial charge in [-0.25, -0.2) is 4.79 Å². The number of rotatable bonds is 23. The number of benzene rings is 1. The summed E-state index contributed by atoms with van der Waals surface area (Å²) in [7, 11) is 6.40. The summed E-state index contributed by atoms with van der Waals surface area (Å²) >= 11 is 0. The van der Waals surface area contributed by atoms with E-state index in [1.165, 1.54) is 14.2 Å². The molecule has 0 aliphatic carbocycles. The molecule has 4 amide bonds. The predicted molar refractivity (Wildman–Crippen MR) is 233 cm³/mol. The molecule has 0 aromatic heterocycles. The van der Waals surface area contributed by atoms with Gasteiger partial charge in [-0.1, -0.05) is 85.2 Å². The highest BCUT2D eigenvalue weighted by atomic mass is 16.7. The van der Waals surface area contributed by atoms with Crippen molar-refractivity contribution in [1.82, 2.24) is 25.8 Å². The number of aliphatic hydroxyl groups is 3. The van der Waals surface area contributed by atoms with Gasteiger partial charge in [0.15, 0.2) is 12.4 Å². The van der Waals surface area contributed by atoms with E-state index in [1.54, 1.807) is 68.1 Å². The van der Waals surface area contributed by atoms with Crippen LogP contribution in [0.15, 0.2) is 30.3 Å². The molecule has 2 aliphatic rings. The van der Waals surface area contributed by atoms with E-state index in [2.05, 4.69) is 16.0 Å². The molecule has 63 heavy (non-hydrogen) atoms. The highest BCUT2D eigenvalue weighted by Gasteiger charge is 2.49. The van der Waals surface area contributed by atoms with Gasteiger partial charge in [-0.3, -0.25) is 19.2 Å². The fourth-order valence-electron chi connectivity index (χ4n) is 8.92. The topological polar surface area (TPSA) is 246 Å². The number of carboxylic acids is 1. The molecule has 2 saturated heterocycles. The van der Waals surface area contributed by atoms with E-state index in [0.29, 0.717) is 31.4 Å². The van der Waals surface area contributed by atoms with Crippen molar-refractivity contribution in [3.8, 4) is 0 Å². The molecular weight excluding hydrogens is 819 g/mol. The number of nitrogens with zero attached hydrogens (tertiary/aromatic N) is 2. The van der Waals surface area contributed by atoms with Crippen LogP contribution in [-0.4, -0.2) is 168 Å². The average molecular weight is 894 g/mol. The third-order valence-corrected chi connectivity index (χ3v) is 12.8. The Morgan fingerprint density at radius 3 is 2.02 bits per heavy atom. The van der Waals surface area contributed by atoms with Gasteiger partial charge < -0.3 is 65.1 Å². The number of ether oxygens (including phenoxy) is 4. The van der Waals surface area contributed by atoms with E-state index in [-0.39, 0.29) is 41.9 Å². The standard InChI is InChI=1S/C45H75N5O13/c1-13-25(6)34(49(10)43(57)33(24(4)5)48-42(56)32(46-9)23(2)3)30(60-11)22-31(51)50-21-17-20-29(50)38(61-12)26(7)41(55)47-27(8)39(28-18-15-14-16-19-28)62-45-37(54)35(52)36(53)40(63-45)44(58)59/h14-16,18-19,23-27,29-30,32-40,45-46,52-54H,13,17,20-22H2,1-12H3,(H,47,55)(H,48,56)(H,58,59). The van der Waals surface area contributed by atoms with Crippen molar-refractivity contribution in [2.24, 2.45) is 23.7 Å². The van der Waals surface area contributed by atoms with Crippen molar-refractivity contribution in [3.63, 3.8) is 0 Å². The number of amides is 4. The molecule has 0 radical (unpaired) electrons. The van der Waals surface area contributed by atoms with Gasteiger partial charge in [0.2, 0.25) is 23.6 Å². The third kappa shape index (κ3) is 13.2. The Hall–Kier alpha value is -3.75. The van der Waals surface area contributed by atoms with Gasteiger partial charge in [-0.2, -0.15) is 0 Å². The SMILES string of the molecule is CCC(C)C(C(CC(=O)N1CCCC1C(OC)C(C)C(=O)NC(C)C(OC1OC(C(=O)O)C(O)C(O)C1O)c1ccccc1)OC)N(C)C(=O)C(NC(=O)C(NC)C(C)C)C(C)C. The maximum Gasteiger partial charge on any atom is 0.335 e. The Labute approximate surface area is 372 Å². The quantitative estimate of drug-likeness (QED) is 0.0823. The molecule has 15 atom stereocenters. The highest BCUT2D eigenvalue weighted by molar-refractivity contribution is 5.90. The van der Waals surface area contributed by atoms with Crippen LogP contribution in [-0.2, 0) is 42.9 Å². The fraction of sp³-hybridized carbons (Fsp3) is 0.756. The van der Waals surface area contributed by atoms with Crippen LogP contribution in [0.2, 0.25) is 0 Å². The van der Waals surface area contributed by atoms with E-state index in [1.807, 2.05) is 41.5 Å². The van der Waals surface area contributed by atoms with Crippen LogP contribution >= 0.6 is 0 Å². The Kier molecular flexibility index (Phi) is 20.9. The summed E-state index contributed by atoms with van der Waals surface area (Å²) in [6, 6.07) is 5.55. The van der Waals surface area contributed by atoms with Crippen molar-refractivity contribution in [1.29, 1.82) is 0 Å². The lowest BCUT2D eigenvalue weighted by atomic mass is 9.89. The van der Waals surface area contributed by atoms with Crippen LogP contribution in [0.3, 0.4) is 0 Å². The zero-order chi connectivity index (χ0) is 47.5. The second-order valence-corrected chi connectivity index (χ2v) is 17.8. The van der Waals surface area contributed by atoms with Crippen LogP contribution < -0.4 is 16.0 Å². The van der Waals surface area contributed by atoms with Crippen LogP contribution in [0.5, 0.6) is 0 Å². The minimum Gasteiger partial charge on any atom is -0.479 e. The summed E-state index contributed by atoms with van der Waals surface area (Å²) in [6.45, 7) is 15.4. The number of aliphatic carboxylic acids is 1. The van der Waals surface area contributed by atoms with Crippen molar-refractivity contribution >= 4 is 29.6 Å². The van der Waals surface area contributed by atoms with Crippen molar-refractivity contribution in [2.75, 3.05) is 34.9 Å². The molecule has 15 unspecified atom stereocenters. The molecule has 0 spiro atoms. The average Bonchev–Trinajstić information content (AvgIpc) is 3.73. The molecule has 18 heteroatoms. The molecule has 358 valence electrons. The first-order valence-electron chi connectivity index (χ1n) is 22.2. The number of likely N-dealkylation sites (tertiary alicyclic amines) is 1. The Balaban J connectivity index is 1.81. The first kappa shape index (κ1) is 53.6. The summed E-state index contributed by atoms with van der Waals surface area (Å²) in [5.74, 6) is -3.88. The van der Waals surface area contributed by atoms with Crippen LogP contribution in [0.4, 0.5) is 0 Å². The van der Waals surface area contributed by atoms with Crippen LogP contribution in [0, 0.1) is 23.7 Å². The Bertz CT molecular complexity index is 1640. The normalized spacial score (nSPS) is 25.9. The summed E-state index contributed by atoms with van der Waals surface area (Å²) in [5.41, 5.74) is 0.547. The van der Waals surface area contributed by atoms with Crippen LogP contribution in [0.25, 0.3) is 0 Å². The molecule has 0 saturated carbocycles. The Morgan fingerprint density at radius 1 is 0.873 bits per heavy atom. The van der Waals surface area contributed by atoms with Gasteiger partial charge in [-0.05, 0) is 50.1 Å². The van der Waals surface area contributed by atoms with Gasteiger partial charge >= 0.3 is 5.97 Å². The second kappa shape index (κ2) is 24.5. The van der Waals surface area contributed by atoms with Crippen molar-refractivity contribution < 1.29 is 63.3 Å². The summed E-state index contributed by atoms with van der Waals surface area (Å²) in [4.78, 5) is 71.0. The summed E-state index contributed by atoms with van der Waals surface area (Å²) < 4.78 is 23.5. The monoisotopic (exact) mass is 894 g/mol. The lowest BCUT2D eigenvalue weighted by Crippen LogP contribution is -2.61. The van der Waals surface area contributed by atoms with Gasteiger partial charge in [-0.15, -0.1) is 0 Å². The number of carbonyl (C=O) groups is 5. The number of aliphatic hydroxyl groups excluding tert-OH is 3. The fourth-order valence-corrected chi connectivity index (χ4v) is 8.92. The lowest BCUT2D eigenvalue weighted by molar-refractivity contribution is -0.307. The summed E-state index contributed by atoms with van der Waals surface area (Å²) in [6.07, 6.45) is -9.76. The molecule has 2 fully saturated rings. The minimum absolute atomic E-state index is 0.00456. The maximum atomic E-state index is 14.4. The molecule has 1 aromatic rings. The molecule has 3 rings (SSSR count). The number of carboxylic acid groups (broad SMARTS) is 1. The number of likely N-dealkylation sites (N-methyl/N-ethyl adjacent to an activating group) is 2. The van der Waals surface area contributed by atoms with Gasteiger partial charge in [0.05, 0.1) is 48.7 Å². The van der Waals surface area contributed by atoms with Gasteiger partial charge in [0.25, 0.3) is 0 Å². The van der Waals surface area contributed by atoms with Crippen molar-refractivity contribution in [3.05, 3.63) is 35.9 Å². The van der Waals surface area contributed by atoms with E-state index >= 15 is 0 Å². The number of carbonyl (C=O) groups excluding carboxylic acids is 4. The number of methoxy groups -OCH3 is 2. The molecular formula is C45H75N5O13. The third-order valence-electron chi connectivity index (χ3n) is 12.8. The maximum absolute atomic E-state index is 14.4. The molecule has 7 N–H and O–H groups in total. The zero-order valence-corrected chi connectivity index (χ0v) is 39.1. The molecule has 2 aliphatic heterocycles. The van der Waals surface area contributed by atoms with E-state index < -0.39 is 97.0 Å². The minimum atomic E-state index is -1.91. The van der Waals surface area contributed by atoms with Gasteiger partial charge in [0, 0.05) is 27.8 Å². The molecule has 18 nitrogen and oxygen atoms in total. The molecule has 2 heterocycles. The lowest BCUT2D eigenvalue weighted by Gasteiger charge is -2.41. The van der Waals surface area contributed by atoms with E-state index in [9.17, 15) is 44.4 Å². The molecule has 0 bridgehead atoms. The number of hydrogen-bond donors (Lipinski definition) is 7. The second-order valence-electron chi connectivity index (χ2n) is 17.8. The highest BCUT2D eigenvalue weighted by Crippen LogP contribution is 2.32. The van der Waals surface area contributed by atoms with E-state index in [4.69, 9.17) is 18.9 Å². The molecule has 1 aromatic carbocycles. The zero-order valence-electron chi connectivity index (χ0n) is 39.1. The number of nitrogens with one attached hydrogen (secondary N) is 3.